The number of carbonyl (C=O) groups is 1. The summed E-state index contributed by atoms with van der Waals surface area (Å²) in [5.74, 6) is 0.0624. The predicted octanol–water partition coefficient (Wildman–Crippen LogP) is -2.38. The van der Waals surface area contributed by atoms with E-state index in [1.807, 2.05) is 30.3 Å². The first-order valence-corrected chi connectivity index (χ1v) is 12.9. The summed E-state index contributed by atoms with van der Waals surface area (Å²) in [5.41, 5.74) is 6.13. The summed E-state index contributed by atoms with van der Waals surface area (Å²) in [4.78, 5) is 16.8. The van der Waals surface area contributed by atoms with Crippen LogP contribution in [0.3, 0.4) is 0 Å². The summed E-state index contributed by atoms with van der Waals surface area (Å²) in [6.07, 6.45) is 3.76. The van der Waals surface area contributed by atoms with Gasteiger partial charge in [-0.3, -0.25) is 4.79 Å². The summed E-state index contributed by atoms with van der Waals surface area (Å²) >= 11 is 0. The molecule has 6 rings (SSSR count). The van der Waals surface area contributed by atoms with Crippen molar-refractivity contribution in [3.05, 3.63) is 76.8 Å². The van der Waals surface area contributed by atoms with E-state index < -0.39 is 6.04 Å². The Kier molecular flexibility index (Phi) is 9.77. The summed E-state index contributed by atoms with van der Waals surface area (Å²) in [6.45, 7) is 3.24. The van der Waals surface area contributed by atoms with Gasteiger partial charge in [-0.25, -0.2) is 0 Å². The van der Waals surface area contributed by atoms with E-state index in [2.05, 4.69) is 62.0 Å². The Morgan fingerprint density at radius 3 is 2.55 bits per heavy atom. The zero-order valence-corrected chi connectivity index (χ0v) is 27.1. The van der Waals surface area contributed by atoms with E-state index in [9.17, 15) is 15.2 Å². The number of aliphatic hydroxyl groups is 1. The number of nitriles is 1. The van der Waals surface area contributed by atoms with Gasteiger partial charge >= 0.3 is 59.1 Å². The number of nitrogens with one attached hydrogen (secondary N) is 2. The summed E-state index contributed by atoms with van der Waals surface area (Å²) in [6, 6.07) is 17.9. The van der Waals surface area contributed by atoms with Crippen LogP contribution in [-0.2, 0) is 11.3 Å². The maximum Gasteiger partial charge on any atom is 1.00 e. The molecule has 0 saturated carbocycles. The number of nitrogens with zero attached hydrogens (tertiary/aromatic N) is 6. The summed E-state index contributed by atoms with van der Waals surface area (Å²) < 4.78 is 0. The minimum absolute atomic E-state index is 0. The molecule has 2 unspecified atom stereocenters. The molecule has 1 amide bonds. The van der Waals surface area contributed by atoms with Crippen molar-refractivity contribution in [1.82, 2.24) is 35.7 Å². The Morgan fingerprint density at radius 2 is 1.88 bits per heavy atom. The Labute approximate surface area is 277 Å². The van der Waals surface area contributed by atoms with Crippen LogP contribution in [0.25, 0.3) is 22.5 Å². The number of benzene rings is 2. The molecule has 4 heterocycles. The topological polar surface area (TPSA) is 134 Å². The van der Waals surface area contributed by atoms with Gasteiger partial charge in [-0.05, 0) is 34.7 Å². The molecule has 0 spiro atoms. The van der Waals surface area contributed by atoms with Crippen molar-refractivity contribution in [2.75, 3.05) is 6.54 Å². The number of aromatic amines is 1. The van der Waals surface area contributed by atoms with E-state index in [0.717, 1.165) is 52.9 Å². The monoisotopic (exact) mass is 554 g/mol. The van der Waals surface area contributed by atoms with Gasteiger partial charge in [0.2, 0.25) is 5.82 Å². The standard InChI is InChI=1S/C28H28N8O2.2Na/c1-2-3-8-25-30-22-13-23-26(37)21(14-29)28(38)36(23)16-24(22)35(25)15-17-9-11-18(12-10-17)19-6-4-5-7-20(19)27-31-33-34-32-27;;/h4-7,9-12,23,25,30,37H,2-3,8,13,15-16H2,1H3,(H,31,32,33,34);;/q;2*+1. The number of tetrazole rings is 1. The fraction of sp³-hybridized carbons (Fsp3) is 0.321. The zero-order valence-electron chi connectivity index (χ0n) is 23.1. The molecule has 0 saturated heterocycles. The number of aromatic nitrogens is 4. The molecule has 192 valence electrons. The second kappa shape index (κ2) is 12.9. The molecule has 10 nitrogen and oxygen atoms in total. The van der Waals surface area contributed by atoms with Crippen LogP contribution in [-0.4, -0.2) is 60.2 Å². The summed E-state index contributed by atoms with van der Waals surface area (Å²) in [7, 11) is 0. The first-order chi connectivity index (χ1) is 18.6. The number of amides is 1. The van der Waals surface area contributed by atoms with Gasteiger partial charge in [0.25, 0.3) is 5.91 Å². The molecule has 3 N–H and O–H groups in total. The third kappa shape index (κ3) is 5.47. The number of rotatable bonds is 7. The maximum absolute atomic E-state index is 12.8. The van der Waals surface area contributed by atoms with E-state index >= 15 is 0 Å². The molecule has 3 aliphatic heterocycles. The number of unbranched alkanes of at least 4 members (excludes halogenated alkanes) is 1. The first kappa shape index (κ1) is 30.3. The van der Waals surface area contributed by atoms with Gasteiger partial charge < -0.3 is 20.2 Å². The smallest absolute Gasteiger partial charge is 0.508 e. The van der Waals surface area contributed by atoms with Crippen molar-refractivity contribution in [3.63, 3.8) is 0 Å². The molecule has 0 radical (unpaired) electrons. The zero-order chi connectivity index (χ0) is 26.2. The predicted molar refractivity (Wildman–Crippen MR) is 139 cm³/mol. The van der Waals surface area contributed by atoms with Gasteiger partial charge in [-0.1, -0.05) is 61.9 Å². The van der Waals surface area contributed by atoms with Crippen LogP contribution in [0.5, 0.6) is 0 Å². The van der Waals surface area contributed by atoms with Crippen molar-refractivity contribution in [3.8, 4) is 28.6 Å². The fourth-order valence-corrected chi connectivity index (χ4v) is 5.67. The van der Waals surface area contributed by atoms with Gasteiger partial charge in [-0.15, -0.1) is 10.2 Å². The van der Waals surface area contributed by atoms with Crippen molar-refractivity contribution < 1.29 is 69.0 Å². The molecule has 3 aliphatic rings. The molecule has 0 bridgehead atoms. The number of H-pyrrole nitrogens is 1. The van der Waals surface area contributed by atoms with Crippen LogP contribution in [0.15, 0.2) is 71.3 Å². The van der Waals surface area contributed by atoms with Gasteiger partial charge in [0.1, 0.15) is 11.8 Å². The first-order valence-electron chi connectivity index (χ1n) is 12.9. The molecule has 40 heavy (non-hydrogen) atoms. The van der Waals surface area contributed by atoms with Crippen LogP contribution < -0.4 is 64.4 Å². The molecular weight excluding hydrogens is 526 g/mol. The third-order valence-electron chi connectivity index (χ3n) is 7.63. The van der Waals surface area contributed by atoms with E-state index in [-0.39, 0.29) is 82.5 Å². The largest absolute Gasteiger partial charge is 1.00 e. The molecule has 0 aliphatic carbocycles. The van der Waals surface area contributed by atoms with Gasteiger partial charge in [-0.2, -0.15) is 10.5 Å². The van der Waals surface area contributed by atoms with Crippen molar-refractivity contribution >= 4 is 5.91 Å². The van der Waals surface area contributed by atoms with E-state index in [0.29, 0.717) is 25.3 Å². The van der Waals surface area contributed by atoms with Crippen molar-refractivity contribution in [2.24, 2.45) is 0 Å². The quantitative estimate of drug-likeness (QED) is 0.276. The number of aliphatic hydroxyl groups excluding tert-OH is 1. The number of hydrogen-bond donors (Lipinski definition) is 3. The summed E-state index contributed by atoms with van der Waals surface area (Å²) in [5, 5.41) is 38.0. The molecule has 1 aromatic heterocycles. The van der Waals surface area contributed by atoms with Gasteiger partial charge in [0.15, 0.2) is 5.57 Å². The Morgan fingerprint density at radius 1 is 1.12 bits per heavy atom. The molecule has 0 fully saturated rings. The normalized spacial score (nSPS) is 19.4. The van der Waals surface area contributed by atoms with E-state index in [1.165, 1.54) is 0 Å². The van der Waals surface area contributed by atoms with Gasteiger partial charge in [0, 0.05) is 24.2 Å². The van der Waals surface area contributed by atoms with Gasteiger partial charge in [0.05, 0.1) is 24.4 Å². The van der Waals surface area contributed by atoms with Crippen LogP contribution in [0, 0.1) is 11.3 Å². The fourth-order valence-electron chi connectivity index (χ4n) is 5.67. The average Bonchev–Trinajstić information content (AvgIpc) is 3.65. The molecule has 2 atom stereocenters. The van der Waals surface area contributed by atoms with Crippen LogP contribution in [0.2, 0.25) is 0 Å². The molecule has 3 aromatic rings. The number of fused-ring (bicyclic) bond motifs is 1. The average molecular weight is 555 g/mol. The molecule has 12 heteroatoms. The number of carbonyl (C=O) groups excluding carboxylic acids is 1. The molecular formula is C28H28N8Na2O2+2. The molecule has 2 aromatic carbocycles. The minimum Gasteiger partial charge on any atom is -0.508 e. The Balaban J connectivity index is 0.00000185. The second-order valence-electron chi connectivity index (χ2n) is 9.86. The van der Waals surface area contributed by atoms with E-state index in [4.69, 9.17) is 0 Å². The third-order valence-corrected chi connectivity index (χ3v) is 7.63. The van der Waals surface area contributed by atoms with Crippen LogP contribution in [0.1, 0.15) is 38.2 Å². The minimum atomic E-state index is -0.464. The Bertz CT molecular complexity index is 1480. The SMILES string of the molecule is CCCCC1NC2=C(CN3C(=O)C(C#N)=C(O)C3C2)N1Cc1ccc(-c2ccccc2-c2nn[nH]n2)cc1.[Na+].[Na+]. The van der Waals surface area contributed by atoms with Crippen LogP contribution in [0.4, 0.5) is 0 Å². The van der Waals surface area contributed by atoms with Crippen molar-refractivity contribution in [2.45, 2.75) is 51.4 Å². The van der Waals surface area contributed by atoms with Crippen LogP contribution >= 0.6 is 0 Å². The number of hydrogen-bond acceptors (Lipinski definition) is 8. The Hall–Kier alpha value is -2.65. The van der Waals surface area contributed by atoms with E-state index in [1.54, 1.807) is 4.90 Å². The van der Waals surface area contributed by atoms with Crippen molar-refractivity contribution in [1.29, 1.82) is 5.26 Å². The maximum atomic E-state index is 12.8. The second-order valence-corrected chi connectivity index (χ2v) is 9.86.